The number of benzene rings is 1. The van der Waals surface area contributed by atoms with E-state index < -0.39 is 9.84 Å². The maximum atomic E-state index is 11.1. The minimum Gasteiger partial charge on any atom is -0.319 e. The van der Waals surface area contributed by atoms with Crippen molar-refractivity contribution in [2.75, 3.05) is 25.6 Å². The molecule has 0 saturated heterocycles. The van der Waals surface area contributed by atoms with Crippen molar-refractivity contribution < 1.29 is 8.42 Å². The first-order valence-corrected chi connectivity index (χ1v) is 8.44. The highest BCUT2D eigenvalue weighted by Gasteiger charge is 2.12. The lowest BCUT2D eigenvalue weighted by molar-refractivity contribution is 0.564. The fraction of sp³-hybridized carbons (Fsp3) is 0.538. The summed E-state index contributed by atoms with van der Waals surface area (Å²) in [5, 5.41) is 3.87. The van der Waals surface area contributed by atoms with Gasteiger partial charge < -0.3 is 5.32 Å². The van der Waals surface area contributed by atoms with Gasteiger partial charge in [-0.05, 0) is 43.5 Å². The second-order valence-corrected chi connectivity index (χ2v) is 7.27. The number of nitrogens with one attached hydrogen (secondary N) is 1. The Morgan fingerprint density at radius 2 is 1.89 bits per heavy atom. The molecule has 0 fully saturated rings. The number of likely N-dealkylation sites (N-methyl/N-ethyl adjacent to an activating group) is 1. The molecule has 3 nitrogen and oxygen atoms in total. The molecule has 0 radical (unpaired) electrons. The summed E-state index contributed by atoms with van der Waals surface area (Å²) in [4.78, 5) is 0. The topological polar surface area (TPSA) is 46.2 Å². The number of halogens is 1. The Balaban J connectivity index is 2.62. The average Bonchev–Trinajstić information content (AvgIpc) is 2.27. The zero-order valence-electron chi connectivity index (χ0n) is 10.8. The fourth-order valence-electron chi connectivity index (χ4n) is 1.96. The standard InChI is InChI=1S/C13H20ClNO2S/c1-15-10-12(4-3-9-18(2,16)17)11-5-7-13(14)8-6-11/h5-8,12,15H,3-4,9-10H2,1-2H3. The third-order valence-corrected chi connectivity index (χ3v) is 4.14. The van der Waals surface area contributed by atoms with Crippen LogP contribution in [0.1, 0.15) is 24.3 Å². The third-order valence-electron chi connectivity index (χ3n) is 2.86. The van der Waals surface area contributed by atoms with E-state index in [0.717, 1.165) is 18.0 Å². The molecule has 0 bridgehead atoms. The van der Waals surface area contributed by atoms with Gasteiger partial charge in [0.1, 0.15) is 9.84 Å². The first-order chi connectivity index (χ1) is 8.42. The summed E-state index contributed by atoms with van der Waals surface area (Å²) in [6, 6.07) is 7.75. The van der Waals surface area contributed by atoms with Crippen LogP contribution >= 0.6 is 11.6 Å². The smallest absolute Gasteiger partial charge is 0.147 e. The Morgan fingerprint density at radius 3 is 2.39 bits per heavy atom. The summed E-state index contributed by atoms with van der Waals surface area (Å²) in [6.45, 7) is 0.839. The molecule has 0 aliphatic rings. The van der Waals surface area contributed by atoms with Crippen molar-refractivity contribution in [2.24, 2.45) is 0 Å². The van der Waals surface area contributed by atoms with E-state index in [0.29, 0.717) is 12.3 Å². The number of hydrogen-bond donors (Lipinski definition) is 1. The van der Waals surface area contributed by atoms with Gasteiger partial charge in [0.25, 0.3) is 0 Å². The second kappa shape index (κ2) is 7.12. The van der Waals surface area contributed by atoms with Crippen molar-refractivity contribution in [3.63, 3.8) is 0 Å². The molecule has 0 saturated carbocycles. The van der Waals surface area contributed by atoms with Gasteiger partial charge in [-0.3, -0.25) is 0 Å². The van der Waals surface area contributed by atoms with Crippen molar-refractivity contribution in [3.8, 4) is 0 Å². The van der Waals surface area contributed by atoms with Crippen molar-refractivity contribution >= 4 is 21.4 Å². The lowest BCUT2D eigenvalue weighted by Gasteiger charge is -2.16. The van der Waals surface area contributed by atoms with Crippen molar-refractivity contribution in [1.82, 2.24) is 5.32 Å². The molecule has 1 N–H and O–H groups in total. The molecule has 0 aliphatic heterocycles. The highest BCUT2D eigenvalue weighted by atomic mass is 35.5. The van der Waals surface area contributed by atoms with E-state index in [1.165, 1.54) is 11.8 Å². The van der Waals surface area contributed by atoms with Crippen LogP contribution in [0.3, 0.4) is 0 Å². The molecule has 1 aromatic rings. The molecule has 102 valence electrons. The van der Waals surface area contributed by atoms with Crippen LogP contribution < -0.4 is 5.32 Å². The molecular formula is C13H20ClNO2S. The van der Waals surface area contributed by atoms with Gasteiger partial charge >= 0.3 is 0 Å². The summed E-state index contributed by atoms with van der Waals surface area (Å²) < 4.78 is 22.2. The molecule has 1 rings (SSSR count). The molecule has 0 spiro atoms. The summed E-state index contributed by atoms with van der Waals surface area (Å²) in [5.74, 6) is 0.579. The summed E-state index contributed by atoms with van der Waals surface area (Å²) in [6.07, 6.45) is 2.83. The molecular weight excluding hydrogens is 270 g/mol. The Hall–Kier alpha value is -0.580. The number of sulfone groups is 1. The molecule has 0 amide bonds. The lowest BCUT2D eigenvalue weighted by atomic mass is 9.94. The van der Waals surface area contributed by atoms with E-state index in [-0.39, 0.29) is 5.75 Å². The number of rotatable bonds is 7. The molecule has 1 unspecified atom stereocenters. The van der Waals surface area contributed by atoms with E-state index in [1.807, 2.05) is 31.3 Å². The van der Waals surface area contributed by atoms with Gasteiger partial charge in [0, 0.05) is 23.6 Å². The second-order valence-electron chi connectivity index (χ2n) is 4.58. The molecule has 5 heteroatoms. The Bertz CT molecular complexity index is 456. The van der Waals surface area contributed by atoms with E-state index in [2.05, 4.69) is 5.32 Å². The van der Waals surface area contributed by atoms with Gasteiger partial charge in [0.05, 0.1) is 0 Å². The third kappa shape index (κ3) is 5.85. The molecule has 0 aliphatic carbocycles. The summed E-state index contributed by atoms with van der Waals surface area (Å²) in [5.41, 5.74) is 1.20. The van der Waals surface area contributed by atoms with Crippen LogP contribution in [0.25, 0.3) is 0 Å². The number of hydrogen-bond acceptors (Lipinski definition) is 3. The van der Waals surface area contributed by atoms with E-state index in [9.17, 15) is 8.42 Å². The first kappa shape index (κ1) is 15.5. The highest BCUT2D eigenvalue weighted by molar-refractivity contribution is 7.90. The quantitative estimate of drug-likeness (QED) is 0.839. The monoisotopic (exact) mass is 289 g/mol. The highest BCUT2D eigenvalue weighted by Crippen LogP contribution is 2.22. The molecule has 0 heterocycles. The van der Waals surface area contributed by atoms with Crippen molar-refractivity contribution in [1.29, 1.82) is 0 Å². The average molecular weight is 290 g/mol. The van der Waals surface area contributed by atoms with E-state index in [1.54, 1.807) is 0 Å². The van der Waals surface area contributed by atoms with Crippen molar-refractivity contribution in [3.05, 3.63) is 34.9 Å². The summed E-state index contributed by atoms with van der Waals surface area (Å²) in [7, 11) is -0.963. The largest absolute Gasteiger partial charge is 0.319 e. The normalized spacial score (nSPS) is 13.5. The van der Waals surface area contributed by atoms with Gasteiger partial charge in [-0.15, -0.1) is 0 Å². The first-order valence-electron chi connectivity index (χ1n) is 6.00. The van der Waals surface area contributed by atoms with Crippen LogP contribution in [0.2, 0.25) is 5.02 Å². The van der Waals surface area contributed by atoms with E-state index >= 15 is 0 Å². The van der Waals surface area contributed by atoms with Crippen LogP contribution in [0, 0.1) is 0 Å². The van der Waals surface area contributed by atoms with Gasteiger partial charge in [-0.25, -0.2) is 8.42 Å². The maximum Gasteiger partial charge on any atom is 0.147 e. The zero-order valence-corrected chi connectivity index (χ0v) is 12.4. The maximum absolute atomic E-state index is 11.1. The minimum atomic E-state index is -2.87. The van der Waals surface area contributed by atoms with Gasteiger partial charge in [0.2, 0.25) is 0 Å². The van der Waals surface area contributed by atoms with E-state index in [4.69, 9.17) is 11.6 Å². The Labute approximate surface area is 114 Å². The SMILES string of the molecule is CNCC(CCCS(C)(=O)=O)c1ccc(Cl)cc1. The predicted octanol–water partition coefficient (Wildman–Crippen LogP) is 2.47. The molecule has 0 aromatic heterocycles. The van der Waals surface area contributed by atoms with Crippen LogP contribution in [-0.4, -0.2) is 34.0 Å². The fourth-order valence-corrected chi connectivity index (χ4v) is 2.78. The molecule has 18 heavy (non-hydrogen) atoms. The van der Waals surface area contributed by atoms with Crippen molar-refractivity contribution in [2.45, 2.75) is 18.8 Å². The van der Waals surface area contributed by atoms with Crippen LogP contribution in [0.15, 0.2) is 24.3 Å². The van der Waals surface area contributed by atoms with Crippen LogP contribution in [-0.2, 0) is 9.84 Å². The summed E-state index contributed by atoms with van der Waals surface area (Å²) >= 11 is 5.86. The molecule has 1 aromatic carbocycles. The lowest BCUT2D eigenvalue weighted by Crippen LogP contribution is -2.18. The molecule has 1 atom stereocenters. The predicted molar refractivity (Wildman–Crippen MR) is 77.1 cm³/mol. The van der Waals surface area contributed by atoms with Crippen LogP contribution in [0.4, 0.5) is 0 Å². The zero-order chi connectivity index (χ0) is 13.6. The van der Waals surface area contributed by atoms with Gasteiger partial charge in [-0.2, -0.15) is 0 Å². The van der Waals surface area contributed by atoms with Gasteiger partial charge in [-0.1, -0.05) is 23.7 Å². The van der Waals surface area contributed by atoms with Gasteiger partial charge in [0.15, 0.2) is 0 Å². The Kier molecular flexibility index (Phi) is 6.12. The van der Waals surface area contributed by atoms with Crippen LogP contribution in [0.5, 0.6) is 0 Å². The Morgan fingerprint density at radius 1 is 1.28 bits per heavy atom. The minimum absolute atomic E-state index is 0.251.